The number of rotatable bonds is 4. The van der Waals surface area contributed by atoms with Crippen LogP contribution < -0.4 is 0 Å². The topological polar surface area (TPSA) is 3.24 Å². The van der Waals surface area contributed by atoms with Gasteiger partial charge in [0.05, 0.1) is 0 Å². The van der Waals surface area contributed by atoms with Gasteiger partial charge in [0.2, 0.25) is 0 Å². The maximum Gasteiger partial charge on any atom is 0.0203 e. The van der Waals surface area contributed by atoms with E-state index in [1.807, 2.05) is 11.8 Å². The Bertz CT molecular complexity index is 701. The highest BCUT2D eigenvalue weighted by atomic mass is 32.2. The zero-order chi connectivity index (χ0) is 15.5. The zero-order valence-electron chi connectivity index (χ0n) is 13.6. The molecular formula is C20H23NS. The lowest BCUT2D eigenvalue weighted by Crippen LogP contribution is -2.12. The molecule has 1 aliphatic rings. The van der Waals surface area contributed by atoms with Crippen molar-refractivity contribution < 1.29 is 0 Å². The van der Waals surface area contributed by atoms with Crippen molar-refractivity contribution in [3.63, 3.8) is 0 Å². The third kappa shape index (κ3) is 3.13. The SMILES string of the molecule is CCc1ccc2c(c1)Sc1ccccc1/C2=C/CCN(C)C. The second-order valence-corrected chi connectivity index (χ2v) is 7.08. The average molecular weight is 309 g/mol. The lowest BCUT2D eigenvalue weighted by Gasteiger charge is -2.23. The molecule has 0 aromatic heterocycles. The summed E-state index contributed by atoms with van der Waals surface area (Å²) < 4.78 is 0. The van der Waals surface area contributed by atoms with Gasteiger partial charge in [-0.3, -0.25) is 0 Å². The average Bonchev–Trinajstić information content (AvgIpc) is 2.53. The molecular weight excluding hydrogens is 286 g/mol. The fourth-order valence-electron chi connectivity index (χ4n) is 2.82. The summed E-state index contributed by atoms with van der Waals surface area (Å²) in [6, 6.07) is 15.7. The first-order chi connectivity index (χ1) is 10.7. The van der Waals surface area contributed by atoms with Gasteiger partial charge in [-0.15, -0.1) is 0 Å². The van der Waals surface area contributed by atoms with Crippen molar-refractivity contribution in [1.82, 2.24) is 4.90 Å². The number of fused-ring (bicyclic) bond motifs is 2. The van der Waals surface area contributed by atoms with Gasteiger partial charge in [0.1, 0.15) is 0 Å². The first kappa shape index (κ1) is 15.4. The summed E-state index contributed by atoms with van der Waals surface area (Å²) in [6.07, 6.45) is 4.58. The Morgan fingerprint density at radius 2 is 1.77 bits per heavy atom. The van der Waals surface area contributed by atoms with Crippen LogP contribution in [-0.4, -0.2) is 25.5 Å². The summed E-state index contributed by atoms with van der Waals surface area (Å²) in [5, 5.41) is 0. The van der Waals surface area contributed by atoms with E-state index < -0.39 is 0 Å². The summed E-state index contributed by atoms with van der Waals surface area (Å²) in [6.45, 7) is 3.30. The predicted octanol–water partition coefficient (Wildman–Crippen LogP) is 5.10. The van der Waals surface area contributed by atoms with Crippen molar-refractivity contribution in [3.8, 4) is 0 Å². The lowest BCUT2D eigenvalue weighted by atomic mass is 9.95. The molecule has 0 spiro atoms. The van der Waals surface area contributed by atoms with E-state index in [0.717, 1.165) is 19.4 Å². The molecule has 0 aliphatic carbocycles. The van der Waals surface area contributed by atoms with E-state index in [1.165, 1.54) is 32.1 Å². The van der Waals surface area contributed by atoms with Crippen LogP contribution in [0.4, 0.5) is 0 Å². The highest BCUT2D eigenvalue weighted by molar-refractivity contribution is 7.99. The van der Waals surface area contributed by atoms with Gasteiger partial charge in [-0.2, -0.15) is 0 Å². The van der Waals surface area contributed by atoms with Gasteiger partial charge in [0.25, 0.3) is 0 Å². The van der Waals surface area contributed by atoms with Gasteiger partial charge in [0.15, 0.2) is 0 Å². The smallest absolute Gasteiger partial charge is 0.0203 e. The van der Waals surface area contributed by atoms with Crippen LogP contribution in [0.5, 0.6) is 0 Å². The fraction of sp³-hybridized carbons (Fsp3) is 0.300. The standard InChI is InChI=1S/C20H23NS/c1-4-15-11-12-18-16(9-7-13-21(2)3)17-8-5-6-10-19(17)22-20(18)14-15/h5-6,8-12,14H,4,7,13H2,1-3H3/b16-9-. The van der Waals surface area contributed by atoms with Crippen LogP contribution in [-0.2, 0) is 6.42 Å². The van der Waals surface area contributed by atoms with Crippen LogP contribution in [0.25, 0.3) is 5.57 Å². The minimum absolute atomic E-state index is 1.08. The zero-order valence-corrected chi connectivity index (χ0v) is 14.4. The molecule has 0 unspecified atom stereocenters. The molecule has 1 nitrogen and oxygen atoms in total. The van der Waals surface area contributed by atoms with E-state index in [2.05, 4.69) is 74.5 Å². The number of nitrogens with zero attached hydrogens (tertiary/aromatic N) is 1. The highest BCUT2D eigenvalue weighted by Gasteiger charge is 2.20. The lowest BCUT2D eigenvalue weighted by molar-refractivity contribution is 0.417. The molecule has 0 N–H and O–H groups in total. The highest BCUT2D eigenvalue weighted by Crippen LogP contribution is 2.45. The minimum Gasteiger partial charge on any atom is -0.309 e. The van der Waals surface area contributed by atoms with E-state index in [9.17, 15) is 0 Å². The molecule has 114 valence electrons. The molecule has 22 heavy (non-hydrogen) atoms. The van der Waals surface area contributed by atoms with Crippen LogP contribution >= 0.6 is 11.8 Å². The van der Waals surface area contributed by atoms with E-state index >= 15 is 0 Å². The molecule has 3 rings (SSSR count). The van der Waals surface area contributed by atoms with Crippen molar-refractivity contribution in [1.29, 1.82) is 0 Å². The third-order valence-electron chi connectivity index (χ3n) is 4.07. The van der Waals surface area contributed by atoms with Gasteiger partial charge < -0.3 is 4.90 Å². The molecule has 0 bridgehead atoms. The second-order valence-electron chi connectivity index (χ2n) is 5.99. The molecule has 1 aliphatic heterocycles. The summed E-state index contributed by atoms with van der Waals surface area (Å²) in [5.74, 6) is 0. The first-order valence-electron chi connectivity index (χ1n) is 7.94. The van der Waals surface area contributed by atoms with Crippen LogP contribution in [0.2, 0.25) is 0 Å². The monoisotopic (exact) mass is 309 g/mol. The Labute approximate surface area is 138 Å². The van der Waals surface area contributed by atoms with Gasteiger partial charge in [-0.25, -0.2) is 0 Å². The molecule has 0 saturated carbocycles. The van der Waals surface area contributed by atoms with E-state index in [1.54, 1.807) is 0 Å². The summed E-state index contributed by atoms with van der Waals surface area (Å²) >= 11 is 1.90. The Morgan fingerprint density at radius 1 is 1.00 bits per heavy atom. The molecule has 0 amide bonds. The fourth-order valence-corrected chi connectivity index (χ4v) is 3.99. The Kier molecular flexibility index (Phi) is 4.70. The predicted molar refractivity (Wildman–Crippen MR) is 96.6 cm³/mol. The summed E-state index contributed by atoms with van der Waals surface area (Å²) in [4.78, 5) is 5.01. The second kappa shape index (κ2) is 6.72. The number of hydrogen-bond acceptors (Lipinski definition) is 2. The Balaban J connectivity index is 2.04. The van der Waals surface area contributed by atoms with Gasteiger partial charge >= 0.3 is 0 Å². The quantitative estimate of drug-likeness (QED) is 0.660. The van der Waals surface area contributed by atoms with E-state index in [0.29, 0.717) is 0 Å². The van der Waals surface area contributed by atoms with E-state index in [-0.39, 0.29) is 0 Å². The van der Waals surface area contributed by atoms with Crippen molar-refractivity contribution in [2.24, 2.45) is 0 Å². The molecule has 0 fully saturated rings. The van der Waals surface area contributed by atoms with E-state index in [4.69, 9.17) is 0 Å². The number of aryl methyl sites for hydroxylation is 1. The molecule has 0 atom stereocenters. The Morgan fingerprint density at radius 3 is 2.55 bits per heavy atom. The maximum absolute atomic E-state index is 2.41. The molecule has 2 heteroatoms. The van der Waals surface area contributed by atoms with Crippen LogP contribution in [0, 0.1) is 0 Å². The van der Waals surface area contributed by atoms with Crippen molar-refractivity contribution in [2.75, 3.05) is 20.6 Å². The molecule has 0 saturated heterocycles. The largest absolute Gasteiger partial charge is 0.309 e. The maximum atomic E-state index is 2.41. The van der Waals surface area contributed by atoms with Crippen molar-refractivity contribution in [3.05, 3.63) is 65.2 Å². The summed E-state index contributed by atoms with van der Waals surface area (Å²) in [7, 11) is 4.26. The first-order valence-corrected chi connectivity index (χ1v) is 8.76. The molecule has 2 aromatic carbocycles. The third-order valence-corrected chi connectivity index (χ3v) is 5.20. The van der Waals surface area contributed by atoms with Crippen LogP contribution in [0.15, 0.2) is 58.3 Å². The number of benzene rings is 2. The van der Waals surface area contributed by atoms with Crippen LogP contribution in [0.1, 0.15) is 30.0 Å². The Hall–Kier alpha value is -1.51. The van der Waals surface area contributed by atoms with Gasteiger partial charge in [0, 0.05) is 16.3 Å². The van der Waals surface area contributed by atoms with Crippen molar-refractivity contribution >= 4 is 17.3 Å². The normalized spacial score (nSPS) is 15.0. The molecule has 0 radical (unpaired) electrons. The minimum atomic E-state index is 1.08. The van der Waals surface area contributed by atoms with Gasteiger partial charge in [-0.1, -0.05) is 55.1 Å². The molecule has 2 aromatic rings. The van der Waals surface area contributed by atoms with Crippen LogP contribution in [0.3, 0.4) is 0 Å². The summed E-state index contributed by atoms with van der Waals surface area (Å²) in [5.41, 5.74) is 5.58. The van der Waals surface area contributed by atoms with Gasteiger partial charge in [-0.05, 0) is 61.3 Å². The van der Waals surface area contributed by atoms with Crippen molar-refractivity contribution in [2.45, 2.75) is 29.6 Å². The molecule has 1 heterocycles. The number of hydrogen-bond donors (Lipinski definition) is 0.